The van der Waals surface area contributed by atoms with Crippen molar-refractivity contribution in [3.05, 3.63) is 58.4 Å². The Kier molecular flexibility index (Phi) is 6.80. The third-order valence-electron chi connectivity index (χ3n) is 4.18. The van der Waals surface area contributed by atoms with Crippen molar-refractivity contribution in [3.8, 4) is 0 Å². The first-order valence-corrected chi connectivity index (χ1v) is 8.70. The van der Waals surface area contributed by atoms with Crippen molar-refractivity contribution in [2.24, 2.45) is 0 Å². The van der Waals surface area contributed by atoms with Crippen molar-refractivity contribution < 1.29 is 27.7 Å². The summed E-state index contributed by atoms with van der Waals surface area (Å²) < 4.78 is 39.8. The quantitative estimate of drug-likeness (QED) is 0.658. The highest BCUT2D eigenvalue weighted by Gasteiger charge is 2.19. The van der Waals surface area contributed by atoms with Crippen LogP contribution in [0.15, 0.2) is 24.3 Å². The fraction of sp³-hybridized carbons (Fsp3) is 0.300. The first kappa shape index (κ1) is 21.4. The van der Waals surface area contributed by atoms with E-state index in [-0.39, 0.29) is 19.0 Å². The molecule has 8 heteroatoms. The fourth-order valence-electron chi connectivity index (χ4n) is 2.99. The molecule has 0 spiro atoms. The zero-order valence-electron chi connectivity index (χ0n) is 16.2. The molecule has 2 aromatic rings. The number of amides is 2. The van der Waals surface area contributed by atoms with Gasteiger partial charge in [0.1, 0.15) is 0 Å². The molecule has 0 aromatic heterocycles. The van der Waals surface area contributed by atoms with E-state index in [0.29, 0.717) is 4.90 Å². The molecule has 2 amide bonds. The van der Waals surface area contributed by atoms with Crippen LogP contribution in [0.5, 0.6) is 0 Å². The van der Waals surface area contributed by atoms with E-state index < -0.39 is 29.0 Å². The van der Waals surface area contributed by atoms with Gasteiger partial charge in [-0.25, -0.2) is 13.2 Å². The minimum atomic E-state index is -1.65. The molecule has 0 aliphatic rings. The predicted molar refractivity (Wildman–Crippen MR) is 101 cm³/mol. The van der Waals surface area contributed by atoms with Gasteiger partial charge in [0.05, 0.1) is 12.7 Å². The summed E-state index contributed by atoms with van der Waals surface area (Å²) >= 11 is 0. The van der Waals surface area contributed by atoms with Crippen molar-refractivity contribution in [2.45, 2.75) is 20.8 Å². The Bertz CT molecular complexity index is 893. The number of halogens is 3. The van der Waals surface area contributed by atoms with Crippen LogP contribution in [0.1, 0.15) is 16.7 Å². The molecule has 1 unspecified atom stereocenters. The summed E-state index contributed by atoms with van der Waals surface area (Å²) in [6.07, 6.45) is 0. The van der Waals surface area contributed by atoms with Gasteiger partial charge in [-0.1, -0.05) is 17.7 Å². The largest absolute Gasteiger partial charge is 0.322 e. The van der Waals surface area contributed by atoms with Crippen molar-refractivity contribution in [2.75, 3.05) is 30.8 Å². The highest BCUT2D eigenvalue weighted by Crippen LogP contribution is 2.21. The first-order chi connectivity index (χ1) is 13.1. The molecule has 0 aliphatic heterocycles. The van der Waals surface area contributed by atoms with Gasteiger partial charge in [0.2, 0.25) is 0 Å². The number of hydrogen-bond acceptors (Lipinski definition) is 2. The van der Waals surface area contributed by atoms with Crippen molar-refractivity contribution in [3.63, 3.8) is 0 Å². The number of carbonyl (C=O) groups is 2. The Labute approximate surface area is 161 Å². The number of quaternary nitrogens is 1. The molecule has 0 saturated carbocycles. The van der Waals surface area contributed by atoms with Crippen molar-refractivity contribution in [1.29, 1.82) is 0 Å². The molecule has 0 bridgehead atoms. The molecule has 1 atom stereocenters. The van der Waals surface area contributed by atoms with Crippen LogP contribution in [-0.4, -0.2) is 32.0 Å². The normalized spacial score (nSPS) is 11.8. The maximum atomic E-state index is 13.6. The molecule has 2 rings (SSSR count). The Morgan fingerprint density at radius 1 is 0.893 bits per heavy atom. The van der Waals surface area contributed by atoms with Gasteiger partial charge >= 0.3 is 0 Å². The fourth-order valence-corrected chi connectivity index (χ4v) is 2.99. The number of rotatable bonds is 6. The third-order valence-corrected chi connectivity index (χ3v) is 4.18. The van der Waals surface area contributed by atoms with E-state index in [4.69, 9.17) is 0 Å². The summed E-state index contributed by atoms with van der Waals surface area (Å²) in [5.74, 6) is -5.36. The van der Waals surface area contributed by atoms with Gasteiger partial charge in [-0.05, 0) is 44.0 Å². The Balaban J connectivity index is 1.93. The lowest BCUT2D eigenvalue weighted by atomic mass is 10.1. The summed E-state index contributed by atoms with van der Waals surface area (Å²) in [6.45, 7) is 5.61. The number of carbonyl (C=O) groups excluding carboxylic acids is 2. The number of anilines is 2. The molecule has 0 fully saturated rings. The number of likely N-dealkylation sites (N-methyl/N-ethyl adjacent to an activating group) is 1. The summed E-state index contributed by atoms with van der Waals surface area (Å²) in [5.41, 5.74) is 3.26. The second-order valence-electron chi connectivity index (χ2n) is 6.90. The maximum Gasteiger partial charge on any atom is 0.279 e. The van der Waals surface area contributed by atoms with E-state index in [1.54, 1.807) is 7.05 Å². The van der Waals surface area contributed by atoms with Crippen LogP contribution >= 0.6 is 0 Å². The highest BCUT2D eigenvalue weighted by atomic mass is 19.2. The van der Waals surface area contributed by atoms with Crippen molar-refractivity contribution in [1.82, 2.24) is 0 Å². The van der Waals surface area contributed by atoms with Gasteiger partial charge in [0, 0.05) is 5.69 Å². The van der Waals surface area contributed by atoms with E-state index in [1.807, 2.05) is 32.9 Å². The van der Waals surface area contributed by atoms with Crippen LogP contribution in [0.25, 0.3) is 0 Å². The molecular formula is C20H23F3N3O2+. The monoisotopic (exact) mass is 394 g/mol. The SMILES string of the molecule is Cc1cc(C)c(NC(=O)C[NH+](C)CC(=O)Nc2ccc(F)c(F)c2F)c(C)c1. The average molecular weight is 394 g/mol. The van der Waals surface area contributed by atoms with Crippen LogP contribution in [-0.2, 0) is 9.59 Å². The minimum absolute atomic E-state index is 0.000434. The van der Waals surface area contributed by atoms with Crippen LogP contribution in [0.2, 0.25) is 0 Å². The maximum absolute atomic E-state index is 13.6. The second-order valence-corrected chi connectivity index (χ2v) is 6.90. The van der Waals surface area contributed by atoms with Gasteiger partial charge in [-0.2, -0.15) is 0 Å². The Morgan fingerprint density at radius 3 is 2.00 bits per heavy atom. The molecule has 0 heterocycles. The van der Waals surface area contributed by atoms with E-state index in [2.05, 4.69) is 10.6 Å². The molecule has 28 heavy (non-hydrogen) atoms. The number of hydrogen-bond donors (Lipinski definition) is 3. The van der Waals surface area contributed by atoms with Crippen LogP contribution < -0.4 is 15.5 Å². The minimum Gasteiger partial charge on any atom is -0.322 e. The third kappa shape index (κ3) is 5.32. The lowest BCUT2D eigenvalue weighted by Gasteiger charge is -2.16. The van der Waals surface area contributed by atoms with E-state index in [1.165, 1.54) is 0 Å². The highest BCUT2D eigenvalue weighted by molar-refractivity contribution is 5.94. The zero-order chi connectivity index (χ0) is 21.0. The van der Waals surface area contributed by atoms with E-state index in [9.17, 15) is 22.8 Å². The van der Waals surface area contributed by atoms with Gasteiger partial charge in [-0.15, -0.1) is 0 Å². The molecule has 0 aliphatic carbocycles. The summed E-state index contributed by atoms with van der Waals surface area (Å²) in [5, 5.41) is 5.02. The molecule has 150 valence electrons. The lowest BCUT2D eigenvalue weighted by molar-refractivity contribution is -0.862. The average Bonchev–Trinajstić information content (AvgIpc) is 2.58. The molecule has 2 aromatic carbocycles. The number of aryl methyl sites for hydroxylation is 3. The van der Waals surface area contributed by atoms with Gasteiger partial charge in [0.25, 0.3) is 11.8 Å². The molecule has 3 N–H and O–H groups in total. The van der Waals surface area contributed by atoms with E-state index in [0.717, 1.165) is 34.5 Å². The molecule has 0 radical (unpaired) electrons. The first-order valence-electron chi connectivity index (χ1n) is 8.70. The lowest BCUT2D eigenvalue weighted by Crippen LogP contribution is -3.11. The molecular weight excluding hydrogens is 371 g/mol. The molecule has 0 saturated heterocycles. The summed E-state index contributed by atoms with van der Waals surface area (Å²) in [4.78, 5) is 24.8. The summed E-state index contributed by atoms with van der Waals surface area (Å²) in [7, 11) is 1.62. The van der Waals surface area contributed by atoms with Crippen LogP contribution in [0.3, 0.4) is 0 Å². The van der Waals surface area contributed by atoms with Gasteiger partial charge in [-0.3, -0.25) is 9.59 Å². The standard InChI is InChI=1S/C20H22F3N3O2/c1-11-7-12(2)20(13(3)8-11)25-17(28)10-26(4)9-16(27)24-15-6-5-14(21)18(22)19(15)23/h5-8H,9-10H2,1-4H3,(H,24,27)(H,25,28)/p+1. The number of nitrogens with one attached hydrogen (secondary N) is 3. The Hall–Kier alpha value is -2.87. The zero-order valence-corrected chi connectivity index (χ0v) is 16.2. The van der Waals surface area contributed by atoms with Gasteiger partial charge in [0.15, 0.2) is 30.5 Å². The predicted octanol–water partition coefficient (Wildman–Crippen LogP) is 2.12. The molecule has 5 nitrogen and oxygen atoms in total. The Morgan fingerprint density at radius 2 is 1.43 bits per heavy atom. The van der Waals surface area contributed by atoms with Crippen molar-refractivity contribution >= 4 is 23.2 Å². The topological polar surface area (TPSA) is 62.6 Å². The van der Waals surface area contributed by atoms with E-state index >= 15 is 0 Å². The van der Waals surface area contributed by atoms with Crippen LogP contribution in [0, 0.1) is 38.2 Å². The second kappa shape index (κ2) is 8.88. The number of benzene rings is 2. The summed E-state index contributed by atoms with van der Waals surface area (Å²) in [6, 6.07) is 5.59. The van der Waals surface area contributed by atoms with Crippen LogP contribution in [0.4, 0.5) is 24.5 Å². The smallest absolute Gasteiger partial charge is 0.279 e. The van der Waals surface area contributed by atoms with Gasteiger partial charge < -0.3 is 15.5 Å².